The molecule has 0 aliphatic rings. The maximum atomic E-state index is 8.58. The normalized spacial score (nSPS) is 2.00. The van der Waals surface area contributed by atoms with Gasteiger partial charge in [-0.05, 0) is 0 Å². The molecule has 0 fully saturated rings. The first-order valence-electron chi connectivity index (χ1n) is 0.408. The van der Waals surface area contributed by atoms with E-state index >= 15 is 0 Å². The van der Waals surface area contributed by atoms with Gasteiger partial charge in [0.1, 0.15) is 0 Å². The van der Waals surface area contributed by atoms with Crippen LogP contribution in [0.4, 0.5) is 0 Å². The van der Waals surface area contributed by atoms with Crippen LogP contribution in [0.3, 0.4) is 0 Å². The summed E-state index contributed by atoms with van der Waals surface area (Å²) in [5, 5.41) is 0. The quantitative estimate of drug-likeness (QED) is 0.631. The standard InChI is InChI=1S/BrH.2O.U/h1H;;;. The second kappa shape index (κ2) is 8.92. The molecule has 4 heavy (non-hydrogen) atoms. The summed E-state index contributed by atoms with van der Waals surface area (Å²) >= 11 is -2.51. The summed E-state index contributed by atoms with van der Waals surface area (Å²) in [6, 6.07) is 0. The maximum absolute atomic E-state index is 8.58. The Balaban J connectivity index is 0. The summed E-state index contributed by atoms with van der Waals surface area (Å²) in [6.45, 7) is 0. The topological polar surface area (TPSA) is 34.1 Å². The molecule has 0 aromatic heterocycles. The van der Waals surface area contributed by atoms with E-state index in [0.29, 0.717) is 0 Å². The van der Waals surface area contributed by atoms with E-state index in [-0.39, 0.29) is 17.0 Å². The zero-order chi connectivity index (χ0) is 2.71. The molecular weight excluding hydrogens is 350 g/mol. The van der Waals surface area contributed by atoms with Crippen molar-refractivity contribution in [3.8, 4) is 0 Å². The molecule has 0 amide bonds. The molecule has 0 atom stereocenters. The predicted octanol–water partition coefficient (Wildman–Crippen LogP) is 0.340. The number of rotatable bonds is 0. The third-order valence-corrected chi connectivity index (χ3v) is 0. The zero-order valence-electron chi connectivity index (χ0n) is 1.72. The molecular formula is HBrO2U. The Hall–Kier alpha value is 1.13. The van der Waals surface area contributed by atoms with Gasteiger partial charge in [-0.25, -0.2) is 0 Å². The van der Waals surface area contributed by atoms with Gasteiger partial charge in [-0.15, -0.1) is 17.0 Å². The first-order chi connectivity index (χ1) is 1.41. The minimum atomic E-state index is -2.51. The van der Waals surface area contributed by atoms with Gasteiger partial charge in [-0.2, -0.15) is 0 Å². The molecule has 2 nitrogen and oxygen atoms in total. The van der Waals surface area contributed by atoms with E-state index < -0.39 is 27.8 Å². The second-order valence-corrected chi connectivity index (χ2v) is 0.777. The minimum absolute atomic E-state index is 0. The Labute approximate surface area is 48.9 Å². The first kappa shape index (κ1) is 8.93. The molecule has 0 aromatic carbocycles. The Morgan fingerprint density at radius 2 is 1.25 bits per heavy atom. The fourth-order valence-corrected chi connectivity index (χ4v) is 0. The van der Waals surface area contributed by atoms with Gasteiger partial charge in [0.25, 0.3) is 0 Å². The van der Waals surface area contributed by atoms with Gasteiger partial charge in [0, 0.05) is 0 Å². The molecule has 0 saturated heterocycles. The monoisotopic (exact) mass is 350 g/mol. The van der Waals surface area contributed by atoms with E-state index in [0.717, 1.165) is 0 Å². The van der Waals surface area contributed by atoms with Crippen molar-refractivity contribution in [2.24, 2.45) is 0 Å². The van der Waals surface area contributed by atoms with E-state index in [4.69, 9.17) is 4.47 Å². The van der Waals surface area contributed by atoms with Crippen molar-refractivity contribution in [1.82, 2.24) is 0 Å². The van der Waals surface area contributed by atoms with Crippen LogP contribution in [0.5, 0.6) is 0 Å². The summed E-state index contributed by atoms with van der Waals surface area (Å²) in [5.41, 5.74) is 0. The molecule has 4 heteroatoms. The van der Waals surface area contributed by atoms with Crippen molar-refractivity contribution in [2.45, 2.75) is 0 Å². The van der Waals surface area contributed by atoms with Crippen LogP contribution < -0.4 is 0 Å². The molecule has 0 heterocycles. The average Bonchev–Trinajstić information content (AvgIpc) is 0.918. The summed E-state index contributed by atoms with van der Waals surface area (Å²) in [7, 11) is 0. The predicted molar refractivity (Wildman–Crippen MR) is 11.7 cm³/mol. The Morgan fingerprint density at radius 1 is 1.25 bits per heavy atom. The van der Waals surface area contributed by atoms with Gasteiger partial charge in [0.15, 0.2) is 0 Å². The summed E-state index contributed by atoms with van der Waals surface area (Å²) in [4.78, 5) is 0. The molecule has 0 aliphatic heterocycles. The molecule has 0 saturated carbocycles. The molecule has 0 spiro atoms. The van der Waals surface area contributed by atoms with E-state index in [1.807, 2.05) is 0 Å². The zero-order valence-corrected chi connectivity index (χ0v) is 7.60. The average molecular weight is 351 g/mol. The molecule has 0 aliphatic carbocycles. The molecule has 0 aromatic rings. The van der Waals surface area contributed by atoms with Crippen molar-refractivity contribution >= 4 is 17.0 Å². The van der Waals surface area contributed by atoms with Gasteiger partial charge in [0.2, 0.25) is 0 Å². The van der Waals surface area contributed by atoms with Crippen molar-refractivity contribution in [3.63, 3.8) is 0 Å². The van der Waals surface area contributed by atoms with Gasteiger partial charge in [-0.1, -0.05) is 0 Å². The van der Waals surface area contributed by atoms with Crippen LogP contribution in [0.2, 0.25) is 0 Å². The molecule has 0 unspecified atom stereocenters. The Morgan fingerprint density at radius 3 is 1.25 bits per heavy atom. The Bertz CT molecular complexity index is 27.0. The van der Waals surface area contributed by atoms with Crippen molar-refractivity contribution in [2.75, 3.05) is 0 Å². The van der Waals surface area contributed by atoms with Crippen LogP contribution in [0.25, 0.3) is 0 Å². The van der Waals surface area contributed by atoms with Crippen molar-refractivity contribution in [1.29, 1.82) is 0 Å². The second-order valence-electron chi connectivity index (χ2n) is 0.0833. The third kappa shape index (κ3) is 11.1. The fraction of sp³-hybridized carbons (Fsp3) is 0. The van der Waals surface area contributed by atoms with Crippen LogP contribution in [0.1, 0.15) is 0 Å². The molecule has 0 bridgehead atoms. The van der Waals surface area contributed by atoms with Crippen LogP contribution in [-0.2, 0) is 4.47 Å². The van der Waals surface area contributed by atoms with Crippen molar-refractivity contribution < 1.29 is 32.3 Å². The summed E-state index contributed by atoms with van der Waals surface area (Å²) in [6.07, 6.45) is 0. The molecule has 0 rings (SSSR count). The Kier molecular flexibility index (Phi) is 19.9. The van der Waals surface area contributed by atoms with Gasteiger partial charge < -0.3 is 0 Å². The first-order valence-corrected chi connectivity index (χ1v) is 3.81. The fourth-order valence-electron chi connectivity index (χ4n) is 0. The summed E-state index contributed by atoms with van der Waals surface area (Å²) < 4.78 is 17.2. The number of hydrogen-bond acceptors (Lipinski definition) is 2. The number of hydrogen-bond donors (Lipinski definition) is 0. The van der Waals surface area contributed by atoms with E-state index in [1.54, 1.807) is 0 Å². The van der Waals surface area contributed by atoms with E-state index in [9.17, 15) is 0 Å². The van der Waals surface area contributed by atoms with Gasteiger partial charge >= 0.3 is 32.3 Å². The number of halogens is 1. The molecule has 24 valence electrons. The summed E-state index contributed by atoms with van der Waals surface area (Å²) in [5.74, 6) is 0. The van der Waals surface area contributed by atoms with Gasteiger partial charge in [0.05, 0.1) is 0 Å². The molecule has 0 N–H and O–H groups in total. The van der Waals surface area contributed by atoms with Crippen LogP contribution in [-0.4, -0.2) is 0 Å². The van der Waals surface area contributed by atoms with Crippen molar-refractivity contribution in [3.05, 3.63) is 0 Å². The van der Waals surface area contributed by atoms with Gasteiger partial charge in [-0.3, -0.25) is 0 Å². The van der Waals surface area contributed by atoms with Crippen LogP contribution in [0, 0.1) is 27.8 Å². The van der Waals surface area contributed by atoms with Crippen LogP contribution in [0.15, 0.2) is 0 Å². The van der Waals surface area contributed by atoms with E-state index in [1.165, 1.54) is 0 Å². The molecule has 0 radical (unpaired) electrons. The van der Waals surface area contributed by atoms with Crippen LogP contribution >= 0.6 is 17.0 Å². The SMILES string of the molecule is Br.[O]=[U]=[O]. The van der Waals surface area contributed by atoms with E-state index in [2.05, 4.69) is 0 Å². The third-order valence-electron chi connectivity index (χ3n) is 0.